The maximum atomic E-state index is 12.8. The van der Waals surface area contributed by atoms with Crippen molar-refractivity contribution in [3.63, 3.8) is 0 Å². The highest BCUT2D eigenvalue weighted by Crippen LogP contribution is 2.53. The van der Waals surface area contributed by atoms with Gasteiger partial charge >= 0.3 is 13.8 Å². The summed E-state index contributed by atoms with van der Waals surface area (Å²) in [5, 5.41) is 0. The fraction of sp³-hybridized carbons (Fsp3) is 0.333. The smallest absolute Gasteiger partial charge is 0.295 e. The summed E-state index contributed by atoms with van der Waals surface area (Å²) >= 11 is 10.6. The van der Waals surface area contributed by atoms with E-state index in [0.29, 0.717) is 0 Å². The van der Waals surface area contributed by atoms with Crippen LogP contribution >= 0.6 is 30.9 Å². The van der Waals surface area contributed by atoms with E-state index in [1.807, 2.05) is 0 Å². The summed E-state index contributed by atoms with van der Waals surface area (Å²) in [6, 6.07) is 6.97. The standard InChI is InChI=1S/C9H10Cl2F3N2O2P/c10-8(11,9(12,13)14)7(18-19(15,16)17)6-4-2-1-3-5-6/h1-5,7H,(H4,15,16,17)/t7-/m0/s1. The maximum absolute atomic E-state index is 12.8. The predicted octanol–water partition coefficient (Wildman–Crippen LogP) is 3.51. The third-order valence-electron chi connectivity index (χ3n) is 2.08. The van der Waals surface area contributed by atoms with Crippen LogP contribution < -0.4 is 11.0 Å². The molecule has 1 atom stereocenters. The van der Waals surface area contributed by atoms with Crippen molar-refractivity contribution < 1.29 is 22.3 Å². The van der Waals surface area contributed by atoms with Gasteiger partial charge in [0.15, 0.2) is 0 Å². The zero-order valence-electron chi connectivity index (χ0n) is 9.27. The molecule has 0 saturated heterocycles. The molecule has 0 heterocycles. The Morgan fingerprint density at radius 1 is 1.16 bits per heavy atom. The first kappa shape index (κ1) is 16.8. The van der Waals surface area contributed by atoms with Gasteiger partial charge in [-0.05, 0) is 5.56 Å². The molecule has 0 fully saturated rings. The van der Waals surface area contributed by atoms with Gasteiger partial charge in [-0.15, -0.1) is 0 Å². The Kier molecular flexibility index (Phi) is 4.93. The summed E-state index contributed by atoms with van der Waals surface area (Å²) < 4.78 is 50.9. The summed E-state index contributed by atoms with van der Waals surface area (Å²) in [4.78, 5) is 0. The van der Waals surface area contributed by atoms with Crippen molar-refractivity contribution in [2.45, 2.75) is 16.6 Å². The minimum absolute atomic E-state index is 0.0547. The van der Waals surface area contributed by atoms with Gasteiger partial charge < -0.3 is 0 Å². The molecule has 4 nitrogen and oxygen atoms in total. The molecular weight excluding hydrogens is 327 g/mol. The number of nitrogens with two attached hydrogens (primary N) is 2. The molecule has 0 spiro atoms. The number of alkyl halides is 5. The summed E-state index contributed by atoms with van der Waals surface area (Å²) in [6.45, 7) is 0. The Morgan fingerprint density at radius 3 is 2.00 bits per heavy atom. The summed E-state index contributed by atoms with van der Waals surface area (Å²) in [5.74, 6) is 0. The average molecular weight is 337 g/mol. The minimum Gasteiger partial charge on any atom is -0.295 e. The molecule has 0 aliphatic carbocycles. The van der Waals surface area contributed by atoms with E-state index in [1.165, 1.54) is 24.3 Å². The van der Waals surface area contributed by atoms with Crippen LogP contribution in [0, 0.1) is 0 Å². The second-order valence-corrected chi connectivity index (χ2v) is 6.55. The number of rotatable bonds is 4. The van der Waals surface area contributed by atoms with Crippen LogP contribution in [0.5, 0.6) is 0 Å². The molecule has 1 aromatic rings. The third kappa shape index (κ3) is 4.34. The van der Waals surface area contributed by atoms with Gasteiger partial charge in [-0.3, -0.25) is 9.09 Å². The highest BCUT2D eigenvalue weighted by Gasteiger charge is 2.60. The molecule has 0 aromatic heterocycles. The predicted molar refractivity (Wildman–Crippen MR) is 66.7 cm³/mol. The van der Waals surface area contributed by atoms with E-state index in [2.05, 4.69) is 4.52 Å². The molecule has 19 heavy (non-hydrogen) atoms. The van der Waals surface area contributed by atoms with Crippen molar-refractivity contribution in [2.24, 2.45) is 11.0 Å². The number of halogens is 5. The van der Waals surface area contributed by atoms with Gasteiger partial charge in [0.1, 0.15) is 6.10 Å². The van der Waals surface area contributed by atoms with Crippen molar-refractivity contribution in [3.05, 3.63) is 35.9 Å². The molecule has 1 rings (SSSR count). The van der Waals surface area contributed by atoms with Crippen LogP contribution in [0.2, 0.25) is 0 Å². The van der Waals surface area contributed by atoms with E-state index in [1.54, 1.807) is 6.07 Å². The van der Waals surface area contributed by atoms with Gasteiger partial charge in [-0.25, -0.2) is 11.0 Å². The number of benzene rings is 1. The molecule has 4 N–H and O–H groups in total. The fourth-order valence-electron chi connectivity index (χ4n) is 1.28. The van der Waals surface area contributed by atoms with Gasteiger partial charge in [0.2, 0.25) is 4.33 Å². The minimum atomic E-state index is -5.04. The molecule has 10 heteroatoms. The van der Waals surface area contributed by atoms with Crippen LogP contribution in [0.1, 0.15) is 11.7 Å². The summed E-state index contributed by atoms with van der Waals surface area (Å²) in [5.41, 5.74) is 9.83. The second kappa shape index (κ2) is 5.60. The zero-order chi connectivity index (χ0) is 14.9. The highest BCUT2D eigenvalue weighted by molar-refractivity contribution is 7.53. The zero-order valence-corrected chi connectivity index (χ0v) is 11.7. The lowest BCUT2D eigenvalue weighted by Gasteiger charge is -2.32. The molecular formula is C9H10Cl2F3N2O2P. The van der Waals surface area contributed by atoms with E-state index in [4.69, 9.17) is 34.2 Å². The quantitative estimate of drug-likeness (QED) is 0.651. The van der Waals surface area contributed by atoms with Crippen molar-refractivity contribution in [1.29, 1.82) is 0 Å². The Hall–Kier alpha value is -0.300. The molecule has 0 aliphatic rings. The molecule has 0 bridgehead atoms. The molecule has 108 valence electrons. The topological polar surface area (TPSA) is 78.3 Å². The summed E-state index contributed by atoms with van der Waals surface area (Å²) in [6.07, 6.45) is -7.05. The van der Waals surface area contributed by atoms with Gasteiger partial charge in [-0.2, -0.15) is 13.2 Å². The van der Waals surface area contributed by atoms with Crippen LogP contribution in [0.3, 0.4) is 0 Å². The summed E-state index contributed by atoms with van der Waals surface area (Å²) in [7, 11) is -4.22. The van der Waals surface area contributed by atoms with E-state index in [9.17, 15) is 17.7 Å². The van der Waals surface area contributed by atoms with Crippen LogP contribution in [-0.2, 0) is 9.09 Å². The lowest BCUT2D eigenvalue weighted by Crippen LogP contribution is -2.41. The van der Waals surface area contributed by atoms with Crippen LogP contribution in [0.25, 0.3) is 0 Å². The van der Waals surface area contributed by atoms with Crippen molar-refractivity contribution >= 4 is 30.9 Å². The van der Waals surface area contributed by atoms with E-state index < -0.39 is 24.3 Å². The Morgan fingerprint density at radius 2 is 1.63 bits per heavy atom. The Labute approximate surface area is 117 Å². The van der Waals surface area contributed by atoms with Crippen molar-refractivity contribution in [1.82, 2.24) is 0 Å². The van der Waals surface area contributed by atoms with Gasteiger partial charge in [-0.1, -0.05) is 53.5 Å². The monoisotopic (exact) mass is 336 g/mol. The van der Waals surface area contributed by atoms with Crippen LogP contribution in [0.15, 0.2) is 30.3 Å². The number of hydrogen-bond acceptors (Lipinski definition) is 2. The number of hydrogen-bond donors (Lipinski definition) is 2. The fourth-order valence-corrected chi connectivity index (χ4v) is 2.35. The molecule has 0 saturated carbocycles. The molecule has 0 amide bonds. The first-order chi connectivity index (χ1) is 8.45. The molecule has 1 aromatic carbocycles. The highest BCUT2D eigenvalue weighted by atomic mass is 35.5. The first-order valence-corrected chi connectivity index (χ1v) is 7.32. The van der Waals surface area contributed by atoms with E-state index in [0.717, 1.165) is 0 Å². The normalized spacial score (nSPS) is 15.3. The average Bonchev–Trinajstić information content (AvgIpc) is 2.24. The third-order valence-corrected chi connectivity index (χ3v) is 3.45. The first-order valence-electron chi connectivity index (χ1n) is 4.80. The van der Waals surface area contributed by atoms with Gasteiger partial charge in [0, 0.05) is 0 Å². The lowest BCUT2D eigenvalue weighted by atomic mass is 10.1. The van der Waals surface area contributed by atoms with Crippen molar-refractivity contribution in [3.8, 4) is 0 Å². The van der Waals surface area contributed by atoms with Crippen LogP contribution in [0.4, 0.5) is 13.2 Å². The SMILES string of the molecule is NP(N)(=O)O[C@@H](c1ccccc1)C(Cl)(Cl)C(F)(F)F. The molecule has 0 unspecified atom stereocenters. The van der Waals surface area contributed by atoms with Crippen molar-refractivity contribution in [2.75, 3.05) is 0 Å². The van der Waals surface area contributed by atoms with Crippen LogP contribution in [-0.4, -0.2) is 10.5 Å². The van der Waals surface area contributed by atoms with Gasteiger partial charge in [0.05, 0.1) is 0 Å². The van der Waals surface area contributed by atoms with Gasteiger partial charge in [0.25, 0.3) is 0 Å². The second-order valence-electron chi connectivity index (χ2n) is 3.66. The maximum Gasteiger partial charge on any atom is 0.424 e. The largest absolute Gasteiger partial charge is 0.424 e. The van der Waals surface area contributed by atoms with E-state index in [-0.39, 0.29) is 5.56 Å². The molecule has 0 radical (unpaired) electrons. The Bertz CT molecular complexity index is 478. The lowest BCUT2D eigenvalue weighted by molar-refractivity contribution is -0.159. The Balaban J connectivity index is 3.25. The molecule has 0 aliphatic heterocycles. The van der Waals surface area contributed by atoms with E-state index >= 15 is 0 Å².